The van der Waals surface area contributed by atoms with Crippen molar-refractivity contribution < 1.29 is 27.4 Å². The van der Waals surface area contributed by atoms with Gasteiger partial charge >= 0.3 is 0 Å². The number of ether oxygens (including phenoxy) is 3. The number of rotatable bonds is 11. The van der Waals surface area contributed by atoms with Gasteiger partial charge in [0.25, 0.3) is 5.91 Å². The van der Waals surface area contributed by atoms with Gasteiger partial charge in [0.2, 0.25) is 10.0 Å². The SMILES string of the molecule is CCOc1ccccc1NC(=O)COc1ccc(S(=O)(=O)NCCOC)cc1Cl. The van der Waals surface area contributed by atoms with E-state index in [0.717, 1.165) is 0 Å². The first kappa shape index (κ1) is 23.0. The van der Waals surface area contributed by atoms with Crippen LogP contribution in [0, 0.1) is 0 Å². The van der Waals surface area contributed by atoms with E-state index in [1.807, 2.05) is 6.92 Å². The molecule has 2 N–H and O–H groups in total. The average molecular weight is 443 g/mol. The van der Waals surface area contributed by atoms with Crippen molar-refractivity contribution in [1.82, 2.24) is 4.72 Å². The molecule has 0 bridgehead atoms. The summed E-state index contributed by atoms with van der Waals surface area (Å²) in [6.45, 7) is 2.39. The number of anilines is 1. The van der Waals surface area contributed by atoms with Crippen molar-refractivity contribution in [2.24, 2.45) is 0 Å². The number of carbonyl (C=O) groups is 1. The zero-order valence-corrected chi connectivity index (χ0v) is 17.7. The topological polar surface area (TPSA) is 103 Å². The summed E-state index contributed by atoms with van der Waals surface area (Å²) in [5.41, 5.74) is 0.526. The predicted molar refractivity (Wildman–Crippen MR) is 110 cm³/mol. The second kappa shape index (κ2) is 11.0. The number of nitrogens with one attached hydrogen (secondary N) is 2. The van der Waals surface area contributed by atoms with Gasteiger partial charge in [0.05, 0.1) is 28.8 Å². The predicted octanol–water partition coefficient (Wildman–Crippen LogP) is 2.68. The third kappa shape index (κ3) is 6.90. The fourth-order valence-corrected chi connectivity index (χ4v) is 3.65. The Morgan fingerprint density at radius 1 is 1.10 bits per heavy atom. The number of sulfonamides is 1. The molecule has 0 atom stereocenters. The quantitative estimate of drug-likeness (QED) is 0.518. The van der Waals surface area contributed by atoms with Crippen molar-refractivity contribution in [3.05, 3.63) is 47.5 Å². The van der Waals surface area contributed by atoms with Gasteiger partial charge in [0, 0.05) is 13.7 Å². The lowest BCUT2D eigenvalue weighted by Crippen LogP contribution is -2.27. The largest absolute Gasteiger partial charge is 0.492 e. The Morgan fingerprint density at radius 3 is 2.55 bits per heavy atom. The van der Waals surface area contributed by atoms with Gasteiger partial charge in [-0.15, -0.1) is 0 Å². The molecule has 0 aliphatic carbocycles. The summed E-state index contributed by atoms with van der Waals surface area (Å²) in [5.74, 6) is 0.332. The maximum Gasteiger partial charge on any atom is 0.262 e. The van der Waals surface area contributed by atoms with Crippen LogP contribution in [0.1, 0.15) is 6.92 Å². The van der Waals surface area contributed by atoms with E-state index in [4.69, 9.17) is 25.8 Å². The average Bonchev–Trinajstić information content (AvgIpc) is 2.69. The summed E-state index contributed by atoms with van der Waals surface area (Å²) < 4.78 is 42.4. The Bertz CT molecular complexity index is 936. The number of halogens is 1. The Hall–Kier alpha value is -2.33. The highest BCUT2D eigenvalue weighted by Gasteiger charge is 2.16. The molecule has 0 heterocycles. The van der Waals surface area contributed by atoms with E-state index in [1.165, 1.54) is 25.3 Å². The summed E-state index contributed by atoms with van der Waals surface area (Å²) >= 11 is 6.11. The van der Waals surface area contributed by atoms with Crippen LogP contribution in [0.2, 0.25) is 5.02 Å². The van der Waals surface area contributed by atoms with Crippen molar-refractivity contribution in [2.45, 2.75) is 11.8 Å². The molecule has 2 aromatic rings. The summed E-state index contributed by atoms with van der Waals surface area (Å²) in [6.07, 6.45) is 0. The molecule has 1 amide bonds. The van der Waals surface area contributed by atoms with Crippen LogP contribution in [0.15, 0.2) is 47.4 Å². The van der Waals surface area contributed by atoms with Gasteiger partial charge in [-0.3, -0.25) is 4.79 Å². The molecular formula is C19H23ClN2O6S. The minimum Gasteiger partial charge on any atom is -0.492 e. The summed E-state index contributed by atoms with van der Waals surface area (Å²) in [5, 5.41) is 2.77. The van der Waals surface area contributed by atoms with Gasteiger partial charge in [-0.2, -0.15) is 0 Å². The van der Waals surface area contributed by atoms with Gasteiger partial charge in [-0.1, -0.05) is 23.7 Å². The number of carbonyl (C=O) groups excluding carboxylic acids is 1. The van der Waals surface area contributed by atoms with E-state index >= 15 is 0 Å². The number of hydrogen-bond donors (Lipinski definition) is 2. The van der Waals surface area contributed by atoms with E-state index in [-0.39, 0.29) is 35.4 Å². The molecule has 0 saturated carbocycles. The van der Waals surface area contributed by atoms with Gasteiger partial charge in [0.15, 0.2) is 6.61 Å². The van der Waals surface area contributed by atoms with E-state index < -0.39 is 15.9 Å². The molecule has 0 spiro atoms. The molecule has 0 aromatic heterocycles. The highest BCUT2D eigenvalue weighted by atomic mass is 35.5. The first-order chi connectivity index (χ1) is 13.9. The number of para-hydroxylation sites is 2. The molecule has 10 heteroatoms. The Labute approximate surface area is 175 Å². The van der Waals surface area contributed by atoms with Crippen LogP contribution in [0.25, 0.3) is 0 Å². The lowest BCUT2D eigenvalue weighted by Gasteiger charge is -2.13. The first-order valence-corrected chi connectivity index (χ1v) is 10.7. The third-order valence-electron chi connectivity index (χ3n) is 3.63. The zero-order chi connectivity index (χ0) is 21.3. The Balaban J connectivity index is 1.98. The Morgan fingerprint density at radius 2 is 1.86 bits per heavy atom. The molecule has 0 saturated heterocycles. The van der Waals surface area contributed by atoms with Crippen LogP contribution in [-0.4, -0.2) is 47.8 Å². The van der Waals surface area contributed by atoms with Crippen LogP contribution < -0.4 is 19.5 Å². The lowest BCUT2D eigenvalue weighted by atomic mass is 10.3. The van der Waals surface area contributed by atoms with Crippen molar-refractivity contribution in [2.75, 3.05) is 38.8 Å². The van der Waals surface area contributed by atoms with Crippen LogP contribution in [0.5, 0.6) is 11.5 Å². The van der Waals surface area contributed by atoms with Crippen molar-refractivity contribution in [3.8, 4) is 11.5 Å². The van der Waals surface area contributed by atoms with E-state index in [1.54, 1.807) is 24.3 Å². The Kier molecular flexibility index (Phi) is 8.71. The zero-order valence-electron chi connectivity index (χ0n) is 16.1. The molecule has 0 radical (unpaired) electrons. The molecule has 0 aliphatic rings. The van der Waals surface area contributed by atoms with Crippen molar-refractivity contribution in [1.29, 1.82) is 0 Å². The van der Waals surface area contributed by atoms with Gasteiger partial charge in [0.1, 0.15) is 11.5 Å². The molecule has 2 aromatic carbocycles. The lowest BCUT2D eigenvalue weighted by molar-refractivity contribution is -0.118. The van der Waals surface area contributed by atoms with Crippen molar-refractivity contribution in [3.63, 3.8) is 0 Å². The smallest absolute Gasteiger partial charge is 0.262 e. The number of hydrogen-bond acceptors (Lipinski definition) is 6. The number of benzene rings is 2. The molecule has 0 unspecified atom stereocenters. The molecule has 0 aliphatic heterocycles. The fraction of sp³-hybridized carbons (Fsp3) is 0.316. The number of amides is 1. The van der Waals surface area contributed by atoms with Gasteiger partial charge < -0.3 is 19.5 Å². The normalized spacial score (nSPS) is 11.1. The second-order valence-corrected chi connectivity index (χ2v) is 7.92. The van der Waals surface area contributed by atoms with E-state index in [0.29, 0.717) is 18.0 Å². The monoisotopic (exact) mass is 442 g/mol. The highest BCUT2D eigenvalue weighted by molar-refractivity contribution is 7.89. The maximum atomic E-state index is 12.2. The van der Waals surface area contributed by atoms with Crippen LogP contribution >= 0.6 is 11.6 Å². The molecule has 0 fully saturated rings. The first-order valence-electron chi connectivity index (χ1n) is 8.80. The van der Waals surface area contributed by atoms with Gasteiger partial charge in [-0.25, -0.2) is 13.1 Å². The third-order valence-corrected chi connectivity index (χ3v) is 5.39. The molecule has 158 valence electrons. The molecule has 8 nitrogen and oxygen atoms in total. The van der Waals surface area contributed by atoms with Crippen LogP contribution in [-0.2, 0) is 19.6 Å². The minimum atomic E-state index is -3.72. The minimum absolute atomic E-state index is 0.0129. The summed E-state index contributed by atoms with van der Waals surface area (Å²) in [7, 11) is -2.24. The van der Waals surface area contributed by atoms with E-state index in [9.17, 15) is 13.2 Å². The summed E-state index contributed by atoms with van der Waals surface area (Å²) in [6, 6.07) is 11.0. The van der Waals surface area contributed by atoms with E-state index in [2.05, 4.69) is 10.0 Å². The van der Waals surface area contributed by atoms with Crippen molar-refractivity contribution >= 4 is 33.2 Å². The molecule has 2 rings (SSSR count). The fourth-order valence-electron chi connectivity index (χ4n) is 2.31. The summed E-state index contributed by atoms with van der Waals surface area (Å²) in [4.78, 5) is 12.2. The van der Waals surface area contributed by atoms with Crippen LogP contribution in [0.3, 0.4) is 0 Å². The van der Waals surface area contributed by atoms with Crippen LogP contribution in [0.4, 0.5) is 5.69 Å². The molecular weight excluding hydrogens is 420 g/mol. The maximum absolute atomic E-state index is 12.2. The molecule has 29 heavy (non-hydrogen) atoms. The second-order valence-electron chi connectivity index (χ2n) is 5.75. The highest BCUT2D eigenvalue weighted by Crippen LogP contribution is 2.28. The number of methoxy groups -OCH3 is 1. The standard InChI is InChI=1S/C19H23ClN2O6S/c1-3-27-18-7-5-4-6-16(18)22-19(23)13-28-17-9-8-14(12-15(17)20)29(24,25)21-10-11-26-2/h4-9,12,21H,3,10-11,13H2,1-2H3,(H,22,23). The van der Waals surface area contributed by atoms with Gasteiger partial charge in [-0.05, 0) is 37.3 Å².